The van der Waals surface area contributed by atoms with Crippen LogP contribution >= 0.6 is 0 Å². The highest BCUT2D eigenvalue weighted by atomic mass is 32.2. The largest absolute Gasteiger partial charge is 0.308 e. The second kappa shape index (κ2) is 10.4. The van der Waals surface area contributed by atoms with Gasteiger partial charge in [-0.2, -0.15) is 0 Å². The molecule has 8 heteroatoms. The van der Waals surface area contributed by atoms with Crippen LogP contribution in [0.15, 0.2) is 65.8 Å². The molecule has 0 saturated carbocycles. The van der Waals surface area contributed by atoms with Crippen molar-refractivity contribution in [2.75, 3.05) is 19.0 Å². The molecule has 3 aromatic rings. The predicted octanol–water partition coefficient (Wildman–Crippen LogP) is 3.48. The van der Waals surface area contributed by atoms with Crippen molar-refractivity contribution in [3.05, 3.63) is 83.4 Å². The van der Waals surface area contributed by atoms with Crippen LogP contribution in [-0.4, -0.2) is 44.3 Å². The SMILES string of the molecule is Cc1cc(C)cc(CN(C(=O)CC(=O)c2ncccn2)c2cccc(S(=O)N(C)C)c2)c1. The van der Waals surface area contributed by atoms with Gasteiger partial charge in [0.15, 0.2) is 5.82 Å². The van der Waals surface area contributed by atoms with Crippen LogP contribution in [0.3, 0.4) is 0 Å². The fraction of sp³-hybridized carbons (Fsp3) is 0.250. The standard InChI is InChI=1S/C24H26N4O3S/c1-17-11-18(2)13-19(12-17)16-28(20-7-5-8-21(14-20)32(31)27(3)4)23(30)15-22(29)24-25-9-6-10-26-24/h5-14H,15-16H2,1-4H3. The number of hydrogen-bond donors (Lipinski definition) is 0. The third-order valence-corrected chi connectivity index (χ3v) is 6.03. The summed E-state index contributed by atoms with van der Waals surface area (Å²) < 4.78 is 14.2. The number of nitrogens with zero attached hydrogens (tertiary/aromatic N) is 4. The van der Waals surface area contributed by atoms with Crippen molar-refractivity contribution in [1.82, 2.24) is 14.3 Å². The molecule has 7 nitrogen and oxygen atoms in total. The summed E-state index contributed by atoms with van der Waals surface area (Å²) in [6.45, 7) is 4.28. The first-order chi connectivity index (χ1) is 15.2. The van der Waals surface area contributed by atoms with Crippen molar-refractivity contribution < 1.29 is 13.8 Å². The van der Waals surface area contributed by atoms with Crippen LogP contribution in [0.1, 0.15) is 33.7 Å². The van der Waals surface area contributed by atoms with Crippen molar-refractivity contribution in [2.24, 2.45) is 0 Å². The van der Waals surface area contributed by atoms with Gasteiger partial charge in [0.05, 0.1) is 17.9 Å². The van der Waals surface area contributed by atoms with E-state index < -0.39 is 16.8 Å². The molecular weight excluding hydrogens is 424 g/mol. The number of benzene rings is 2. The third kappa shape index (κ3) is 5.93. The predicted molar refractivity (Wildman–Crippen MR) is 125 cm³/mol. The number of aryl methyl sites for hydroxylation is 2. The van der Waals surface area contributed by atoms with Crippen molar-refractivity contribution in [3.8, 4) is 0 Å². The maximum absolute atomic E-state index is 13.3. The van der Waals surface area contributed by atoms with E-state index in [1.807, 2.05) is 26.0 Å². The summed E-state index contributed by atoms with van der Waals surface area (Å²) in [6, 6.07) is 14.7. The Labute approximate surface area is 190 Å². The minimum Gasteiger partial charge on any atom is -0.308 e. The van der Waals surface area contributed by atoms with Crippen molar-refractivity contribution >= 4 is 28.4 Å². The van der Waals surface area contributed by atoms with Gasteiger partial charge in [0, 0.05) is 18.1 Å². The Morgan fingerprint density at radius 2 is 1.59 bits per heavy atom. The summed E-state index contributed by atoms with van der Waals surface area (Å²) in [5, 5.41) is 0. The van der Waals surface area contributed by atoms with E-state index in [-0.39, 0.29) is 24.7 Å². The van der Waals surface area contributed by atoms with Gasteiger partial charge in [0.2, 0.25) is 11.7 Å². The van der Waals surface area contributed by atoms with E-state index in [0.717, 1.165) is 16.7 Å². The monoisotopic (exact) mass is 450 g/mol. The maximum Gasteiger partial charge on any atom is 0.235 e. The van der Waals surface area contributed by atoms with Crippen molar-refractivity contribution in [1.29, 1.82) is 0 Å². The smallest absolute Gasteiger partial charge is 0.235 e. The lowest BCUT2D eigenvalue weighted by Gasteiger charge is -2.24. The van der Waals surface area contributed by atoms with E-state index in [2.05, 4.69) is 16.0 Å². The molecule has 166 valence electrons. The molecule has 0 saturated heterocycles. The highest BCUT2D eigenvalue weighted by Gasteiger charge is 2.22. The first-order valence-electron chi connectivity index (χ1n) is 10.1. The molecule has 0 bridgehead atoms. The van der Waals surface area contributed by atoms with E-state index in [1.165, 1.54) is 12.4 Å². The van der Waals surface area contributed by atoms with Gasteiger partial charge in [-0.3, -0.25) is 9.59 Å². The molecular formula is C24H26N4O3S. The van der Waals surface area contributed by atoms with Gasteiger partial charge in [-0.1, -0.05) is 35.4 Å². The lowest BCUT2D eigenvalue weighted by Crippen LogP contribution is -2.32. The van der Waals surface area contributed by atoms with Crippen LogP contribution in [0.2, 0.25) is 0 Å². The molecule has 1 atom stereocenters. The number of Topliss-reactive ketones (excluding diaryl/α,β-unsaturated/α-hetero) is 1. The second-order valence-corrected chi connectivity index (χ2v) is 9.41. The van der Waals surface area contributed by atoms with Crippen LogP contribution < -0.4 is 4.90 Å². The van der Waals surface area contributed by atoms with Gasteiger partial charge < -0.3 is 4.90 Å². The molecule has 1 heterocycles. The molecule has 1 unspecified atom stereocenters. The Morgan fingerprint density at radius 1 is 0.938 bits per heavy atom. The summed E-state index contributed by atoms with van der Waals surface area (Å²) in [5.74, 6) is -0.821. The second-order valence-electron chi connectivity index (χ2n) is 7.71. The van der Waals surface area contributed by atoms with E-state index in [9.17, 15) is 13.8 Å². The van der Waals surface area contributed by atoms with Crippen LogP contribution in [0.4, 0.5) is 5.69 Å². The van der Waals surface area contributed by atoms with Crippen molar-refractivity contribution in [3.63, 3.8) is 0 Å². The normalized spacial score (nSPS) is 11.9. The zero-order chi connectivity index (χ0) is 23.3. The molecule has 0 spiro atoms. The minimum atomic E-state index is -1.36. The number of hydrogen-bond acceptors (Lipinski definition) is 5. The van der Waals surface area contributed by atoms with Crippen LogP contribution in [0.25, 0.3) is 0 Å². The van der Waals surface area contributed by atoms with Crippen LogP contribution in [-0.2, 0) is 22.3 Å². The van der Waals surface area contributed by atoms with Gasteiger partial charge in [-0.05, 0) is 57.8 Å². The average molecular weight is 451 g/mol. The highest BCUT2D eigenvalue weighted by Crippen LogP contribution is 2.23. The third-order valence-electron chi connectivity index (χ3n) is 4.71. The first-order valence-corrected chi connectivity index (χ1v) is 11.2. The maximum atomic E-state index is 13.3. The molecule has 1 aromatic heterocycles. The molecule has 0 fully saturated rings. The first kappa shape index (κ1) is 23.4. The fourth-order valence-corrected chi connectivity index (χ4v) is 4.23. The van der Waals surface area contributed by atoms with Gasteiger partial charge in [-0.25, -0.2) is 18.5 Å². The number of carbonyl (C=O) groups is 2. The number of amides is 1. The molecule has 3 rings (SSSR count). The summed E-state index contributed by atoms with van der Waals surface area (Å²) in [6.07, 6.45) is 2.58. The fourth-order valence-electron chi connectivity index (χ4n) is 3.39. The number of anilines is 1. The highest BCUT2D eigenvalue weighted by molar-refractivity contribution is 7.82. The molecule has 2 aromatic carbocycles. The Hall–Kier alpha value is -3.23. The van der Waals surface area contributed by atoms with Gasteiger partial charge in [0.25, 0.3) is 0 Å². The quantitative estimate of drug-likeness (QED) is 0.388. The van der Waals surface area contributed by atoms with E-state index in [1.54, 1.807) is 53.6 Å². The summed E-state index contributed by atoms with van der Waals surface area (Å²) in [7, 11) is 2.08. The lowest BCUT2D eigenvalue weighted by molar-refractivity contribution is -0.117. The number of rotatable bonds is 8. The van der Waals surface area contributed by atoms with Crippen LogP contribution in [0.5, 0.6) is 0 Å². The van der Waals surface area contributed by atoms with E-state index >= 15 is 0 Å². The molecule has 0 aliphatic carbocycles. The summed E-state index contributed by atoms with van der Waals surface area (Å²) >= 11 is 0. The molecule has 32 heavy (non-hydrogen) atoms. The number of carbonyl (C=O) groups excluding carboxylic acids is 2. The van der Waals surface area contributed by atoms with Gasteiger partial charge >= 0.3 is 0 Å². The zero-order valence-corrected chi connectivity index (χ0v) is 19.4. The summed E-state index contributed by atoms with van der Waals surface area (Å²) in [4.78, 5) is 35.9. The van der Waals surface area contributed by atoms with Gasteiger partial charge in [-0.15, -0.1) is 0 Å². The zero-order valence-electron chi connectivity index (χ0n) is 18.6. The van der Waals surface area contributed by atoms with Crippen molar-refractivity contribution in [2.45, 2.75) is 31.7 Å². The number of aromatic nitrogens is 2. The Balaban J connectivity index is 1.95. The Morgan fingerprint density at radius 3 is 2.22 bits per heavy atom. The van der Waals surface area contributed by atoms with E-state index in [4.69, 9.17) is 0 Å². The van der Waals surface area contributed by atoms with Crippen LogP contribution in [0, 0.1) is 13.8 Å². The van der Waals surface area contributed by atoms with Gasteiger partial charge in [0.1, 0.15) is 11.0 Å². The van der Waals surface area contributed by atoms with E-state index in [0.29, 0.717) is 10.6 Å². The Kier molecular flexibility index (Phi) is 7.61. The molecule has 0 N–H and O–H groups in total. The molecule has 0 aliphatic heterocycles. The molecule has 1 amide bonds. The molecule has 0 radical (unpaired) electrons. The average Bonchev–Trinajstić information content (AvgIpc) is 2.76. The molecule has 0 aliphatic rings. The number of ketones is 1. The Bertz CT molecular complexity index is 1130. The minimum absolute atomic E-state index is 0.00895. The topological polar surface area (TPSA) is 83.5 Å². The lowest BCUT2D eigenvalue weighted by atomic mass is 10.1. The summed E-state index contributed by atoms with van der Waals surface area (Å²) in [5.41, 5.74) is 3.69.